The Morgan fingerprint density at radius 2 is 2.35 bits per heavy atom. The molecule has 3 nitrogen and oxygen atoms in total. The van der Waals surface area contributed by atoms with Crippen molar-refractivity contribution in [1.29, 1.82) is 0 Å². The zero-order chi connectivity index (χ0) is 11.2. The summed E-state index contributed by atoms with van der Waals surface area (Å²) in [7, 11) is 0. The molecule has 0 amide bonds. The van der Waals surface area contributed by atoms with Gasteiger partial charge >= 0.3 is 0 Å². The van der Waals surface area contributed by atoms with E-state index < -0.39 is 0 Å². The van der Waals surface area contributed by atoms with Crippen LogP contribution in [0.3, 0.4) is 0 Å². The first-order chi connectivity index (χ1) is 7.84. The molecule has 17 heavy (non-hydrogen) atoms. The fraction of sp³-hybridized carbons (Fsp3) is 0.615. The average molecular weight is 257 g/mol. The molecule has 2 rings (SSSR count). The van der Waals surface area contributed by atoms with Gasteiger partial charge in [-0.1, -0.05) is 6.42 Å². The van der Waals surface area contributed by atoms with Gasteiger partial charge in [-0.15, -0.1) is 12.4 Å². The summed E-state index contributed by atoms with van der Waals surface area (Å²) in [6.45, 7) is 3.97. The molecule has 96 valence electrons. The maximum Gasteiger partial charge on any atom is 0.213 e. The van der Waals surface area contributed by atoms with Crippen LogP contribution in [0.2, 0.25) is 0 Å². The van der Waals surface area contributed by atoms with Gasteiger partial charge in [-0.3, -0.25) is 0 Å². The van der Waals surface area contributed by atoms with Gasteiger partial charge in [0.25, 0.3) is 0 Å². The van der Waals surface area contributed by atoms with Crippen LogP contribution in [0.4, 0.5) is 0 Å². The Morgan fingerprint density at radius 1 is 1.47 bits per heavy atom. The maximum atomic E-state index is 5.64. The van der Waals surface area contributed by atoms with Gasteiger partial charge in [0.2, 0.25) is 5.88 Å². The van der Waals surface area contributed by atoms with E-state index >= 15 is 0 Å². The van der Waals surface area contributed by atoms with Crippen molar-refractivity contribution in [3.63, 3.8) is 0 Å². The van der Waals surface area contributed by atoms with Gasteiger partial charge in [0.05, 0.1) is 6.61 Å². The molecule has 1 atom stereocenters. The summed E-state index contributed by atoms with van der Waals surface area (Å²) in [6, 6.07) is 4.60. The highest BCUT2D eigenvalue weighted by Gasteiger charge is 2.12. The minimum atomic E-state index is 0. The summed E-state index contributed by atoms with van der Waals surface area (Å²) >= 11 is 0. The lowest BCUT2D eigenvalue weighted by atomic mass is 10.0. The molecule has 0 saturated carbocycles. The average Bonchev–Trinajstić information content (AvgIpc) is 2.30. The zero-order valence-corrected chi connectivity index (χ0v) is 11.1. The van der Waals surface area contributed by atoms with Crippen LogP contribution in [0.1, 0.15) is 31.2 Å². The molecule has 0 aromatic carbocycles. The third-order valence-corrected chi connectivity index (χ3v) is 3.02. The standard InChI is InChI=1S/C13H20N2O.ClH/c1-11-5-8-15-13(10-11)16-9-6-12-4-2-3-7-14-12;/h5,8,10,12,14H,2-4,6-7,9H2,1H3;1H. The second-order valence-electron chi connectivity index (χ2n) is 4.46. The Hall–Kier alpha value is -0.800. The highest BCUT2D eigenvalue weighted by atomic mass is 35.5. The van der Waals surface area contributed by atoms with Crippen molar-refractivity contribution in [3.05, 3.63) is 23.9 Å². The fourth-order valence-corrected chi connectivity index (χ4v) is 2.06. The van der Waals surface area contributed by atoms with Crippen LogP contribution in [-0.4, -0.2) is 24.2 Å². The summed E-state index contributed by atoms with van der Waals surface area (Å²) in [5.41, 5.74) is 1.20. The minimum absolute atomic E-state index is 0. The van der Waals surface area contributed by atoms with Gasteiger partial charge in [0, 0.05) is 18.3 Å². The molecule has 1 aliphatic rings. The van der Waals surface area contributed by atoms with Crippen LogP contribution in [0.5, 0.6) is 5.88 Å². The predicted octanol–water partition coefficient (Wildman–Crippen LogP) is 2.72. The number of hydrogen-bond donors (Lipinski definition) is 1. The molecular weight excluding hydrogens is 236 g/mol. The Balaban J connectivity index is 0.00000144. The fourth-order valence-electron chi connectivity index (χ4n) is 2.06. The molecule has 1 aromatic rings. The number of aryl methyl sites for hydroxylation is 1. The molecule has 1 aliphatic heterocycles. The Bertz CT molecular complexity index is 327. The third-order valence-electron chi connectivity index (χ3n) is 3.02. The predicted molar refractivity (Wildman–Crippen MR) is 72.0 cm³/mol. The highest BCUT2D eigenvalue weighted by molar-refractivity contribution is 5.85. The first-order valence-electron chi connectivity index (χ1n) is 6.13. The molecule has 0 spiro atoms. The van der Waals surface area contributed by atoms with Crippen LogP contribution in [0, 0.1) is 6.92 Å². The number of nitrogens with one attached hydrogen (secondary N) is 1. The molecule has 1 N–H and O–H groups in total. The molecule has 0 radical (unpaired) electrons. The first-order valence-corrected chi connectivity index (χ1v) is 6.13. The van der Waals surface area contributed by atoms with Crippen molar-refractivity contribution in [3.8, 4) is 5.88 Å². The molecule has 0 aliphatic carbocycles. The Labute approximate surface area is 109 Å². The Morgan fingerprint density at radius 3 is 3.06 bits per heavy atom. The summed E-state index contributed by atoms with van der Waals surface area (Å²) in [5, 5.41) is 3.52. The van der Waals surface area contributed by atoms with Crippen LogP contribution in [0.25, 0.3) is 0 Å². The maximum absolute atomic E-state index is 5.64. The van der Waals surface area contributed by atoms with E-state index in [4.69, 9.17) is 4.74 Å². The van der Waals surface area contributed by atoms with E-state index in [1.54, 1.807) is 6.20 Å². The lowest BCUT2D eigenvalue weighted by Crippen LogP contribution is -2.35. The van der Waals surface area contributed by atoms with Gasteiger partial charge in [0.15, 0.2) is 0 Å². The second kappa shape index (κ2) is 7.51. The molecule has 1 saturated heterocycles. The third kappa shape index (κ3) is 4.92. The van der Waals surface area contributed by atoms with Crippen LogP contribution in [-0.2, 0) is 0 Å². The minimum Gasteiger partial charge on any atom is -0.478 e. The second-order valence-corrected chi connectivity index (χ2v) is 4.46. The number of halogens is 1. The molecule has 1 unspecified atom stereocenters. The normalized spacial score (nSPS) is 19.5. The summed E-state index contributed by atoms with van der Waals surface area (Å²) < 4.78 is 5.64. The molecular formula is C13H21ClN2O. The molecule has 2 heterocycles. The molecule has 4 heteroatoms. The number of rotatable bonds is 4. The van der Waals surface area contributed by atoms with Crippen LogP contribution >= 0.6 is 12.4 Å². The summed E-state index contributed by atoms with van der Waals surface area (Å²) in [4.78, 5) is 4.18. The van der Waals surface area contributed by atoms with Crippen LogP contribution in [0.15, 0.2) is 18.3 Å². The van der Waals surface area contributed by atoms with Crippen molar-refractivity contribution in [2.75, 3.05) is 13.2 Å². The largest absolute Gasteiger partial charge is 0.478 e. The highest BCUT2D eigenvalue weighted by Crippen LogP contribution is 2.12. The molecule has 1 fully saturated rings. The monoisotopic (exact) mass is 256 g/mol. The zero-order valence-electron chi connectivity index (χ0n) is 10.3. The van der Waals surface area contributed by atoms with Gasteiger partial charge in [-0.25, -0.2) is 4.98 Å². The van der Waals surface area contributed by atoms with E-state index in [0.29, 0.717) is 6.04 Å². The van der Waals surface area contributed by atoms with Crippen molar-refractivity contribution < 1.29 is 4.74 Å². The van der Waals surface area contributed by atoms with E-state index in [0.717, 1.165) is 25.5 Å². The lowest BCUT2D eigenvalue weighted by Gasteiger charge is -2.23. The number of aromatic nitrogens is 1. The van der Waals surface area contributed by atoms with Crippen molar-refractivity contribution in [2.24, 2.45) is 0 Å². The van der Waals surface area contributed by atoms with E-state index in [2.05, 4.69) is 17.2 Å². The van der Waals surface area contributed by atoms with Gasteiger partial charge in [-0.2, -0.15) is 0 Å². The summed E-state index contributed by atoms with van der Waals surface area (Å²) in [5.74, 6) is 0.746. The topological polar surface area (TPSA) is 34.1 Å². The van der Waals surface area contributed by atoms with Gasteiger partial charge in [-0.05, 0) is 44.4 Å². The van der Waals surface area contributed by atoms with Crippen LogP contribution < -0.4 is 10.1 Å². The van der Waals surface area contributed by atoms with Crippen molar-refractivity contribution in [2.45, 2.75) is 38.6 Å². The quantitative estimate of drug-likeness (QED) is 0.900. The number of nitrogens with zero attached hydrogens (tertiary/aromatic N) is 1. The van der Waals surface area contributed by atoms with E-state index in [1.165, 1.54) is 24.8 Å². The van der Waals surface area contributed by atoms with Crippen molar-refractivity contribution >= 4 is 12.4 Å². The molecule has 1 aromatic heterocycles. The van der Waals surface area contributed by atoms with Gasteiger partial charge < -0.3 is 10.1 Å². The molecule has 0 bridgehead atoms. The van der Waals surface area contributed by atoms with E-state index in [-0.39, 0.29) is 12.4 Å². The number of piperidine rings is 1. The van der Waals surface area contributed by atoms with Gasteiger partial charge in [0.1, 0.15) is 0 Å². The summed E-state index contributed by atoms with van der Waals surface area (Å²) in [6.07, 6.45) is 6.82. The number of pyridine rings is 1. The first kappa shape index (κ1) is 14.3. The smallest absolute Gasteiger partial charge is 0.213 e. The number of ether oxygens (including phenoxy) is 1. The van der Waals surface area contributed by atoms with E-state index in [1.807, 2.05) is 12.1 Å². The van der Waals surface area contributed by atoms with Crippen molar-refractivity contribution in [1.82, 2.24) is 10.3 Å². The number of hydrogen-bond acceptors (Lipinski definition) is 3. The van der Waals surface area contributed by atoms with E-state index in [9.17, 15) is 0 Å². The lowest BCUT2D eigenvalue weighted by molar-refractivity contribution is 0.260. The SMILES string of the molecule is Cc1ccnc(OCCC2CCCCN2)c1.Cl. The Kier molecular flexibility index (Phi) is 6.30.